The molecule has 84 valence electrons. The second kappa shape index (κ2) is 4.28. The summed E-state index contributed by atoms with van der Waals surface area (Å²) < 4.78 is 1.91. The second-order valence-corrected chi connectivity index (χ2v) is 4.21. The van der Waals surface area contributed by atoms with Crippen LogP contribution >= 0.6 is 11.6 Å². The molecule has 3 nitrogen and oxygen atoms in total. The monoisotopic (exact) mass is 236 g/mol. The quantitative estimate of drug-likeness (QED) is 0.832. The Morgan fingerprint density at radius 2 is 2.25 bits per heavy atom. The lowest BCUT2D eigenvalue weighted by molar-refractivity contribution is 0.0987. The fourth-order valence-electron chi connectivity index (χ4n) is 1.85. The summed E-state index contributed by atoms with van der Waals surface area (Å²) in [6, 6.07) is 5.53. The number of hydrogen-bond donors (Lipinski definition) is 1. The zero-order valence-electron chi connectivity index (χ0n) is 9.03. The molecule has 0 saturated carbocycles. The normalized spacial score (nSPS) is 10.9. The zero-order chi connectivity index (χ0) is 11.7. The van der Waals surface area contributed by atoms with E-state index in [-0.39, 0.29) is 5.78 Å². The van der Waals surface area contributed by atoms with Gasteiger partial charge in [0.1, 0.15) is 0 Å². The molecular weight excluding hydrogens is 224 g/mol. The average Bonchev–Trinajstić information content (AvgIpc) is 2.56. The largest absolute Gasteiger partial charge is 0.350 e. The lowest BCUT2D eigenvalue weighted by Crippen LogP contribution is -2.07. The molecule has 0 bridgehead atoms. The van der Waals surface area contributed by atoms with Crippen molar-refractivity contribution >= 4 is 28.3 Å². The van der Waals surface area contributed by atoms with Crippen molar-refractivity contribution in [1.29, 1.82) is 0 Å². The Hall–Kier alpha value is -1.32. The summed E-state index contributed by atoms with van der Waals surface area (Å²) in [6.45, 7) is 0.378. The van der Waals surface area contributed by atoms with Gasteiger partial charge in [-0.15, -0.1) is 0 Å². The Kier molecular flexibility index (Phi) is 2.99. The maximum Gasteiger partial charge on any atom is 0.166 e. The fraction of sp³-hybridized carbons (Fsp3) is 0.250. The number of carbonyl (C=O) groups excluding carboxylic acids is 1. The number of nitrogens with zero attached hydrogens (tertiary/aromatic N) is 1. The summed E-state index contributed by atoms with van der Waals surface area (Å²) in [5, 5.41) is 1.61. The minimum Gasteiger partial charge on any atom is -0.350 e. The van der Waals surface area contributed by atoms with E-state index in [0.29, 0.717) is 18.0 Å². The summed E-state index contributed by atoms with van der Waals surface area (Å²) in [5.74, 6) is 0.0791. The molecule has 0 aliphatic rings. The van der Waals surface area contributed by atoms with Gasteiger partial charge in [0.15, 0.2) is 5.78 Å². The van der Waals surface area contributed by atoms with E-state index >= 15 is 0 Å². The van der Waals surface area contributed by atoms with Crippen LogP contribution in [0.25, 0.3) is 10.9 Å². The first-order chi connectivity index (χ1) is 7.63. The van der Waals surface area contributed by atoms with Crippen LogP contribution in [0.2, 0.25) is 5.02 Å². The van der Waals surface area contributed by atoms with E-state index in [4.69, 9.17) is 17.3 Å². The molecule has 0 saturated heterocycles. The second-order valence-electron chi connectivity index (χ2n) is 3.78. The number of ketones is 1. The number of aromatic nitrogens is 1. The van der Waals surface area contributed by atoms with Crippen LogP contribution < -0.4 is 5.73 Å². The molecule has 0 aliphatic heterocycles. The molecule has 0 fully saturated rings. The number of Topliss-reactive ketones (excluding diaryl/α,β-unsaturated/α-hetero) is 1. The minimum atomic E-state index is 0.0791. The van der Waals surface area contributed by atoms with Gasteiger partial charge in [0.25, 0.3) is 0 Å². The average molecular weight is 237 g/mol. The van der Waals surface area contributed by atoms with Gasteiger partial charge in [0.05, 0.1) is 0 Å². The Morgan fingerprint density at radius 1 is 1.50 bits per heavy atom. The van der Waals surface area contributed by atoms with Gasteiger partial charge in [-0.3, -0.25) is 4.79 Å². The van der Waals surface area contributed by atoms with Gasteiger partial charge in [-0.1, -0.05) is 17.7 Å². The predicted octanol–water partition coefficient (Wildman–Crippen LogP) is 2.36. The summed E-state index contributed by atoms with van der Waals surface area (Å²) in [6.07, 6.45) is 2.21. The van der Waals surface area contributed by atoms with Crippen LogP contribution in [0.5, 0.6) is 0 Å². The van der Waals surface area contributed by atoms with Crippen molar-refractivity contribution in [2.75, 3.05) is 6.54 Å². The Labute approximate surface area is 98.8 Å². The predicted molar refractivity (Wildman–Crippen MR) is 65.9 cm³/mol. The van der Waals surface area contributed by atoms with E-state index in [1.165, 1.54) is 0 Å². The molecule has 0 aliphatic carbocycles. The van der Waals surface area contributed by atoms with Gasteiger partial charge >= 0.3 is 0 Å². The van der Waals surface area contributed by atoms with Crippen LogP contribution in [0.4, 0.5) is 0 Å². The lowest BCUT2D eigenvalue weighted by atomic mass is 10.1. The molecule has 2 N–H and O–H groups in total. The lowest BCUT2D eigenvalue weighted by Gasteiger charge is -1.97. The third-order valence-electron chi connectivity index (χ3n) is 2.62. The Morgan fingerprint density at radius 3 is 2.94 bits per heavy atom. The Bertz CT molecular complexity index is 545. The van der Waals surface area contributed by atoms with E-state index in [9.17, 15) is 4.79 Å². The van der Waals surface area contributed by atoms with Crippen molar-refractivity contribution in [2.24, 2.45) is 12.8 Å². The van der Waals surface area contributed by atoms with Crippen LogP contribution in [0.3, 0.4) is 0 Å². The molecule has 2 rings (SSSR count). The van der Waals surface area contributed by atoms with Crippen LogP contribution in [-0.4, -0.2) is 16.9 Å². The molecule has 16 heavy (non-hydrogen) atoms. The van der Waals surface area contributed by atoms with E-state index in [1.807, 2.05) is 29.9 Å². The highest BCUT2D eigenvalue weighted by Crippen LogP contribution is 2.24. The van der Waals surface area contributed by atoms with E-state index in [1.54, 1.807) is 6.07 Å². The van der Waals surface area contributed by atoms with E-state index in [2.05, 4.69) is 0 Å². The van der Waals surface area contributed by atoms with E-state index < -0.39 is 0 Å². The van der Waals surface area contributed by atoms with Crippen LogP contribution in [0, 0.1) is 0 Å². The highest BCUT2D eigenvalue weighted by atomic mass is 35.5. The van der Waals surface area contributed by atoms with Gasteiger partial charge in [-0.05, 0) is 18.7 Å². The third kappa shape index (κ3) is 1.84. The van der Waals surface area contributed by atoms with Gasteiger partial charge in [-0.25, -0.2) is 0 Å². The highest BCUT2D eigenvalue weighted by Gasteiger charge is 2.13. The van der Waals surface area contributed by atoms with Gasteiger partial charge in [0, 0.05) is 41.2 Å². The van der Waals surface area contributed by atoms with Crippen molar-refractivity contribution < 1.29 is 4.79 Å². The molecule has 0 spiro atoms. The topological polar surface area (TPSA) is 48.0 Å². The molecule has 0 unspecified atom stereocenters. The smallest absolute Gasteiger partial charge is 0.166 e. The number of halogens is 1. The first-order valence-electron chi connectivity index (χ1n) is 5.11. The first kappa shape index (κ1) is 11.2. The molecule has 1 aromatic carbocycles. The van der Waals surface area contributed by atoms with Crippen LogP contribution in [-0.2, 0) is 7.05 Å². The van der Waals surface area contributed by atoms with Crippen molar-refractivity contribution in [2.45, 2.75) is 6.42 Å². The van der Waals surface area contributed by atoms with Crippen molar-refractivity contribution in [3.8, 4) is 0 Å². The van der Waals surface area contributed by atoms with E-state index in [0.717, 1.165) is 16.5 Å². The number of nitrogens with two attached hydrogens (primary N) is 1. The van der Waals surface area contributed by atoms with Crippen LogP contribution in [0.15, 0.2) is 24.4 Å². The summed E-state index contributed by atoms with van der Waals surface area (Å²) >= 11 is 5.92. The standard InChI is InChI=1S/C12H13ClN2O/c1-15-7-10(12(16)4-5-14)9-3-2-8(13)6-11(9)15/h2-3,6-7H,4-5,14H2,1H3. The van der Waals surface area contributed by atoms with Crippen molar-refractivity contribution in [1.82, 2.24) is 4.57 Å². The minimum absolute atomic E-state index is 0.0791. The maximum atomic E-state index is 11.8. The van der Waals surface area contributed by atoms with Gasteiger partial charge in [0.2, 0.25) is 0 Å². The fourth-order valence-corrected chi connectivity index (χ4v) is 2.01. The maximum absolute atomic E-state index is 11.8. The molecule has 0 atom stereocenters. The molecule has 0 amide bonds. The van der Waals surface area contributed by atoms with Crippen molar-refractivity contribution in [3.05, 3.63) is 35.0 Å². The third-order valence-corrected chi connectivity index (χ3v) is 2.86. The first-order valence-corrected chi connectivity index (χ1v) is 5.49. The zero-order valence-corrected chi connectivity index (χ0v) is 9.79. The SMILES string of the molecule is Cn1cc(C(=O)CCN)c2ccc(Cl)cc21. The van der Waals surface area contributed by atoms with Gasteiger partial charge < -0.3 is 10.3 Å². The number of hydrogen-bond acceptors (Lipinski definition) is 2. The summed E-state index contributed by atoms with van der Waals surface area (Å²) in [5.41, 5.74) is 7.08. The molecule has 0 radical (unpaired) electrons. The van der Waals surface area contributed by atoms with Gasteiger partial charge in [-0.2, -0.15) is 0 Å². The summed E-state index contributed by atoms with van der Waals surface area (Å²) in [4.78, 5) is 11.8. The number of aryl methyl sites for hydroxylation is 1. The van der Waals surface area contributed by atoms with Crippen molar-refractivity contribution in [3.63, 3.8) is 0 Å². The molecule has 1 heterocycles. The molecule has 1 aromatic heterocycles. The van der Waals surface area contributed by atoms with Crippen LogP contribution in [0.1, 0.15) is 16.8 Å². The highest BCUT2D eigenvalue weighted by molar-refractivity contribution is 6.31. The Balaban J connectivity index is 2.59. The number of fused-ring (bicyclic) bond motifs is 1. The molecule has 4 heteroatoms. The number of benzene rings is 1. The number of carbonyl (C=O) groups is 1. The molecular formula is C12H13ClN2O. The summed E-state index contributed by atoms with van der Waals surface area (Å²) in [7, 11) is 1.90. The number of rotatable bonds is 3. The molecule has 2 aromatic rings.